The van der Waals surface area contributed by atoms with Gasteiger partial charge in [0.2, 0.25) is 0 Å². The number of anilines is 1. The summed E-state index contributed by atoms with van der Waals surface area (Å²) in [6, 6.07) is 11.7. The molecule has 2 N–H and O–H groups in total. The summed E-state index contributed by atoms with van der Waals surface area (Å²) >= 11 is 0. The van der Waals surface area contributed by atoms with Crippen molar-refractivity contribution in [3.05, 3.63) is 65.2 Å². The van der Waals surface area contributed by atoms with Crippen molar-refractivity contribution in [3.8, 4) is 0 Å². The van der Waals surface area contributed by atoms with E-state index in [1.54, 1.807) is 0 Å². The highest BCUT2D eigenvalue weighted by molar-refractivity contribution is 6.39. The van der Waals surface area contributed by atoms with Crippen LogP contribution in [0.4, 0.5) is 18.9 Å². The maximum Gasteiger partial charge on any atom is 0.416 e. The maximum atomic E-state index is 12.7. The van der Waals surface area contributed by atoms with Crippen molar-refractivity contribution < 1.29 is 22.8 Å². The van der Waals surface area contributed by atoms with Crippen LogP contribution in [-0.2, 0) is 27.7 Å². The second-order valence-electron chi connectivity index (χ2n) is 7.16. The van der Waals surface area contributed by atoms with Crippen LogP contribution in [0.3, 0.4) is 0 Å². The van der Waals surface area contributed by atoms with Gasteiger partial charge in [-0.3, -0.25) is 9.59 Å². The Hall–Kier alpha value is -2.83. The largest absolute Gasteiger partial charge is 0.416 e. The van der Waals surface area contributed by atoms with Gasteiger partial charge in [0.15, 0.2) is 0 Å². The van der Waals surface area contributed by atoms with E-state index in [2.05, 4.69) is 31.4 Å². The summed E-state index contributed by atoms with van der Waals surface area (Å²) in [7, 11) is 0. The maximum absolute atomic E-state index is 12.7. The summed E-state index contributed by atoms with van der Waals surface area (Å²) in [5.74, 6) is -1.95. The lowest BCUT2D eigenvalue weighted by molar-refractivity contribution is -0.137. The summed E-state index contributed by atoms with van der Waals surface area (Å²) in [5, 5.41) is 4.62. The van der Waals surface area contributed by atoms with Crippen LogP contribution in [0, 0.1) is 0 Å². The molecule has 0 spiro atoms. The minimum Gasteiger partial charge on any atom is -0.344 e. The average molecular weight is 378 g/mol. The second-order valence-corrected chi connectivity index (χ2v) is 7.16. The quantitative estimate of drug-likeness (QED) is 0.784. The topological polar surface area (TPSA) is 58.2 Å². The second kappa shape index (κ2) is 7.82. The average Bonchev–Trinajstić information content (AvgIpc) is 2.58. The van der Waals surface area contributed by atoms with E-state index >= 15 is 0 Å². The van der Waals surface area contributed by atoms with Gasteiger partial charge < -0.3 is 10.6 Å². The van der Waals surface area contributed by atoms with Crippen molar-refractivity contribution >= 4 is 17.5 Å². The van der Waals surface area contributed by atoms with Gasteiger partial charge in [-0.2, -0.15) is 13.2 Å². The fourth-order valence-corrected chi connectivity index (χ4v) is 2.35. The molecule has 7 heteroatoms. The highest BCUT2D eigenvalue weighted by Gasteiger charge is 2.30. The van der Waals surface area contributed by atoms with Crippen molar-refractivity contribution in [2.24, 2.45) is 0 Å². The molecule has 0 radical (unpaired) electrons. The third-order valence-electron chi connectivity index (χ3n) is 3.93. The van der Waals surface area contributed by atoms with Crippen LogP contribution in [0.2, 0.25) is 0 Å². The van der Waals surface area contributed by atoms with Crippen LogP contribution in [0.5, 0.6) is 0 Å². The molecule has 0 aliphatic rings. The van der Waals surface area contributed by atoms with E-state index in [0.717, 1.165) is 29.3 Å². The fraction of sp³-hybridized carbons (Fsp3) is 0.300. The number of benzene rings is 2. The molecule has 144 valence electrons. The number of halogens is 3. The molecule has 0 aliphatic heterocycles. The van der Waals surface area contributed by atoms with E-state index in [1.807, 2.05) is 24.3 Å². The zero-order valence-electron chi connectivity index (χ0n) is 15.3. The molecule has 2 aromatic carbocycles. The Labute approximate surface area is 155 Å². The number of nitrogens with one attached hydrogen (secondary N) is 2. The first-order valence-corrected chi connectivity index (χ1v) is 8.33. The molecule has 0 heterocycles. The van der Waals surface area contributed by atoms with E-state index < -0.39 is 23.6 Å². The Balaban J connectivity index is 1.94. The first kappa shape index (κ1) is 20.5. The number of hydrogen-bond donors (Lipinski definition) is 2. The van der Waals surface area contributed by atoms with Gasteiger partial charge in [-0.1, -0.05) is 51.1 Å². The van der Waals surface area contributed by atoms with Gasteiger partial charge >= 0.3 is 18.0 Å². The monoisotopic (exact) mass is 378 g/mol. The molecular weight excluding hydrogens is 357 g/mol. The Morgan fingerprint density at radius 3 is 2.07 bits per heavy atom. The van der Waals surface area contributed by atoms with Crippen molar-refractivity contribution in [2.75, 3.05) is 5.32 Å². The summed E-state index contributed by atoms with van der Waals surface area (Å²) in [6.45, 7) is 6.39. The van der Waals surface area contributed by atoms with Gasteiger partial charge in [-0.25, -0.2) is 0 Å². The van der Waals surface area contributed by atoms with Gasteiger partial charge in [-0.05, 0) is 34.7 Å². The predicted octanol–water partition coefficient (Wildman–Crippen LogP) is 4.26. The van der Waals surface area contributed by atoms with E-state index in [9.17, 15) is 22.8 Å². The first-order chi connectivity index (χ1) is 12.5. The highest BCUT2D eigenvalue weighted by Crippen LogP contribution is 2.30. The smallest absolute Gasteiger partial charge is 0.344 e. The van der Waals surface area contributed by atoms with Crippen LogP contribution < -0.4 is 10.6 Å². The number of carbonyl (C=O) groups is 2. The summed E-state index contributed by atoms with van der Waals surface area (Å²) < 4.78 is 38.0. The molecule has 0 bridgehead atoms. The lowest BCUT2D eigenvalue weighted by atomic mass is 9.87. The molecule has 27 heavy (non-hydrogen) atoms. The molecule has 4 nitrogen and oxygen atoms in total. The Kier molecular flexibility index (Phi) is 5.93. The number of rotatable bonds is 3. The standard InChI is InChI=1S/C20H21F3N2O2/c1-19(2,3)14-9-7-13(8-10-14)12-24-17(26)18(27)25-16-6-4-5-15(11-16)20(21,22)23/h4-11H,12H2,1-3H3,(H,24,26)(H,25,27). The lowest BCUT2D eigenvalue weighted by Gasteiger charge is -2.19. The first-order valence-electron chi connectivity index (χ1n) is 8.33. The van der Waals surface area contributed by atoms with E-state index in [0.29, 0.717) is 0 Å². The zero-order valence-corrected chi connectivity index (χ0v) is 15.3. The van der Waals surface area contributed by atoms with Crippen LogP contribution in [0.25, 0.3) is 0 Å². The molecule has 0 unspecified atom stereocenters. The molecular formula is C20H21F3N2O2. The molecule has 2 aromatic rings. The van der Waals surface area contributed by atoms with Gasteiger partial charge in [0.05, 0.1) is 5.56 Å². The third-order valence-corrected chi connectivity index (χ3v) is 3.93. The Morgan fingerprint density at radius 2 is 1.52 bits per heavy atom. The number of amides is 2. The summed E-state index contributed by atoms with van der Waals surface area (Å²) in [4.78, 5) is 23.8. The number of hydrogen-bond acceptors (Lipinski definition) is 2. The normalized spacial score (nSPS) is 11.8. The van der Waals surface area contributed by atoms with E-state index in [4.69, 9.17) is 0 Å². The molecule has 0 aliphatic carbocycles. The van der Waals surface area contributed by atoms with E-state index in [-0.39, 0.29) is 17.6 Å². The van der Waals surface area contributed by atoms with Gasteiger partial charge in [0.25, 0.3) is 0 Å². The van der Waals surface area contributed by atoms with E-state index in [1.165, 1.54) is 6.07 Å². The van der Waals surface area contributed by atoms with Crippen molar-refractivity contribution in [3.63, 3.8) is 0 Å². The number of alkyl halides is 3. The fourth-order valence-electron chi connectivity index (χ4n) is 2.35. The van der Waals surface area contributed by atoms with Crippen LogP contribution in [-0.4, -0.2) is 11.8 Å². The van der Waals surface area contributed by atoms with Crippen molar-refractivity contribution in [2.45, 2.75) is 38.9 Å². The third kappa shape index (κ3) is 5.84. The van der Waals surface area contributed by atoms with Crippen LogP contribution in [0.15, 0.2) is 48.5 Å². The minimum absolute atomic E-state index is 0.00656. The van der Waals surface area contributed by atoms with Crippen LogP contribution in [0.1, 0.15) is 37.5 Å². The molecule has 0 saturated heterocycles. The highest BCUT2D eigenvalue weighted by atomic mass is 19.4. The molecule has 0 atom stereocenters. The zero-order chi connectivity index (χ0) is 20.2. The van der Waals surface area contributed by atoms with Crippen molar-refractivity contribution in [1.29, 1.82) is 0 Å². The number of carbonyl (C=O) groups excluding carboxylic acids is 2. The Bertz CT molecular complexity index is 822. The molecule has 2 rings (SSSR count). The van der Waals surface area contributed by atoms with Crippen LogP contribution >= 0.6 is 0 Å². The molecule has 0 aromatic heterocycles. The summed E-state index contributed by atoms with van der Waals surface area (Å²) in [5.41, 5.74) is 0.953. The lowest BCUT2D eigenvalue weighted by Crippen LogP contribution is -2.35. The van der Waals surface area contributed by atoms with Gasteiger partial charge in [0.1, 0.15) is 0 Å². The predicted molar refractivity (Wildman–Crippen MR) is 97.1 cm³/mol. The van der Waals surface area contributed by atoms with Gasteiger partial charge in [0, 0.05) is 12.2 Å². The Morgan fingerprint density at radius 1 is 0.889 bits per heavy atom. The molecule has 2 amide bonds. The molecule has 0 saturated carbocycles. The summed E-state index contributed by atoms with van der Waals surface area (Å²) in [6.07, 6.45) is -4.53. The molecule has 0 fully saturated rings. The SMILES string of the molecule is CC(C)(C)c1ccc(CNC(=O)C(=O)Nc2cccc(C(F)(F)F)c2)cc1. The minimum atomic E-state index is -4.53. The van der Waals surface area contributed by atoms with Gasteiger partial charge in [-0.15, -0.1) is 0 Å². The van der Waals surface area contributed by atoms with Crippen molar-refractivity contribution in [1.82, 2.24) is 5.32 Å².